The molecule has 0 N–H and O–H groups in total. The monoisotopic (exact) mass is 236 g/mol. The minimum atomic E-state index is -0.564. The van der Waals surface area contributed by atoms with E-state index in [1.54, 1.807) is 0 Å². The van der Waals surface area contributed by atoms with Crippen molar-refractivity contribution in [1.82, 2.24) is 0 Å². The van der Waals surface area contributed by atoms with Gasteiger partial charge in [-0.05, 0) is 44.9 Å². The average Bonchev–Trinajstić information content (AvgIpc) is 2.22. The fourth-order valence-corrected chi connectivity index (χ4v) is 1.57. The van der Waals surface area contributed by atoms with Crippen LogP contribution in [-0.2, 0) is 9.53 Å². The summed E-state index contributed by atoms with van der Waals surface area (Å²) in [6.07, 6.45) is 0.233. The summed E-state index contributed by atoms with van der Waals surface area (Å²) >= 11 is 0. The summed E-state index contributed by atoms with van der Waals surface area (Å²) in [5, 5.41) is 0. The van der Waals surface area contributed by atoms with Gasteiger partial charge in [0.05, 0.1) is 13.5 Å². The van der Waals surface area contributed by atoms with E-state index in [1.807, 2.05) is 45.9 Å². The van der Waals surface area contributed by atoms with E-state index in [-0.39, 0.29) is 12.4 Å². The van der Waals surface area contributed by atoms with Gasteiger partial charge in [-0.15, -0.1) is 0 Å². The number of esters is 1. The van der Waals surface area contributed by atoms with Crippen LogP contribution in [-0.4, -0.2) is 18.7 Å². The Morgan fingerprint density at radius 3 is 2.53 bits per heavy atom. The minimum Gasteiger partial charge on any atom is -0.487 e. The summed E-state index contributed by atoms with van der Waals surface area (Å²) in [7, 11) is 1.39. The maximum atomic E-state index is 11.3. The zero-order chi connectivity index (χ0) is 13.1. The highest BCUT2D eigenvalue weighted by Crippen LogP contribution is 2.25. The molecule has 0 heterocycles. The molecule has 0 saturated carbocycles. The Morgan fingerprint density at radius 2 is 1.94 bits per heavy atom. The van der Waals surface area contributed by atoms with Gasteiger partial charge in [0.15, 0.2) is 0 Å². The fourth-order valence-electron chi connectivity index (χ4n) is 1.57. The zero-order valence-electron chi connectivity index (χ0n) is 11.2. The van der Waals surface area contributed by atoms with Crippen molar-refractivity contribution in [2.45, 2.75) is 39.7 Å². The number of rotatable bonds is 4. The molecule has 0 radical (unpaired) electrons. The summed E-state index contributed by atoms with van der Waals surface area (Å²) in [4.78, 5) is 11.3. The van der Waals surface area contributed by atoms with Gasteiger partial charge >= 0.3 is 5.97 Å². The number of ether oxygens (including phenoxy) is 2. The minimum absolute atomic E-state index is 0.233. The van der Waals surface area contributed by atoms with Crippen LogP contribution in [0.15, 0.2) is 18.2 Å². The van der Waals surface area contributed by atoms with Gasteiger partial charge < -0.3 is 9.47 Å². The Bertz CT molecular complexity index is 408. The smallest absolute Gasteiger partial charge is 0.309 e. The van der Waals surface area contributed by atoms with Crippen LogP contribution in [0.3, 0.4) is 0 Å². The Morgan fingerprint density at radius 1 is 1.29 bits per heavy atom. The van der Waals surface area contributed by atoms with Crippen molar-refractivity contribution in [3.05, 3.63) is 29.3 Å². The van der Waals surface area contributed by atoms with E-state index >= 15 is 0 Å². The third-order valence-electron chi connectivity index (χ3n) is 2.53. The molecule has 0 unspecified atom stereocenters. The van der Waals surface area contributed by atoms with Gasteiger partial charge in [0, 0.05) is 0 Å². The maximum absolute atomic E-state index is 11.3. The average molecular weight is 236 g/mol. The molecule has 3 heteroatoms. The summed E-state index contributed by atoms with van der Waals surface area (Å²) in [6, 6.07) is 6.03. The predicted molar refractivity (Wildman–Crippen MR) is 67.3 cm³/mol. The molecule has 0 saturated heterocycles. The number of hydrogen-bond acceptors (Lipinski definition) is 3. The lowest BCUT2D eigenvalue weighted by Gasteiger charge is -2.26. The normalized spacial score (nSPS) is 11.1. The van der Waals surface area contributed by atoms with Crippen molar-refractivity contribution in [3.8, 4) is 5.75 Å². The second-order valence-corrected chi connectivity index (χ2v) is 4.88. The number of aryl methyl sites for hydroxylation is 2. The third-order valence-corrected chi connectivity index (χ3v) is 2.53. The topological polar surface area (TPSA) is 35.5 Å². The van der Waals surface area contributed by atoms with Crippen LogP contribution < -0.4 is 4.74 Å². The van der Waals surface area contributed by atoms with E-state index in [1.165, 1.54) is 7.11 Å². The highest BCUT2D eigenvalue weighted by molar-refractivity contribution is 5.70. The van der Waals surface area contributed by atoms with Crippen LogP contribution in [0.25, 0.3) is 0 Å². The van der Waals surface area contributed by atoms with Gasteiger partial charge in [0.2, 0.25) is 0 Å². The summed E-state index contributed by atoms with van der Waals surface area (Å²) in [5.74, 6) is 0.555. The van der Waals surface area contributed by atoms with Crippen molar-refractivity contribution in [1.29, 1.82) is 0 Å². The first kappa shape index (κ1) is 13.6. The third kappa shape index (κ3) is 4.10. The molecule has 0 aliphatic heterocycles. The quantitative estimate of drug-likeness (QED) is 0.754. The maximum Gasteiger partial charge on any atom is 0.309 e. The largest absolute Gasteiger partial charge is 0.487 e. The van der Waals surface area contributed by atoms with Crippen LogP contribution in [0.1, 0.15) is 31.4 Å². The predicted octanol–water partition coefficient (Wildman–Crippen LogP) is 3.02. The molecule has 1 aromatic carbocycles. The van der Waals surface area contributed by atoms with Crippen molar-refractivity contribution in [2.75, 3.05) is 7.11 Å². The summed E-state index contributed by atoms with van der Waals surface area (Å²) in [5.41, 5.74) is 1.64. The highest BCUT2D eigenvalue weighted by atomic mass is 16.5. The van der Waals surface area contributed by atoms with E-state index in [2.05, 4.69) is 4.74 Å². The van der Waals surface area contributed by atoms with Crippen molar-refractivity contribution < 1.29 is 14.3 Å². The van der Waals surface area contributed by atoms with E-state index in [9.17, 15) is 4.79 Å². The van der Waals surface area contributed by atoms with Crippen LogP contribution in [0.4, 0.5) is 0 Å². The standard InChI is InChI=1S/C14H20O3/c1-10-6-7-11(2)12(8-10)17-14(3,4)9-13(15)16-5/h6-8H,9H2,1-5H3. The Balaban J connectivity index is 2.82. The molecule has 0 amide bonds. The molecule has 17 heavy (non-hydrogen) atoms. The molecule has 0 spiro atoms. The second kappa shape index (κ2) is 5.21. The molecule has 0 aliphatic carbocycles. The number of methoxy groups -OCH3 is 1. The molecule has 0 aliphatic rings. The van der Waals surface area contributed by atoms with Gasteiger partial charge in [-0.3, -0.25) is 4.79 Å². The molecule has 0 bridgehead atoms. The van der Waals surface area contributed by atoms with E-state index in [4.69, 9.17) is 4.74 Å². The lowest BCUT2D eigenvalue weighted by atomic mass is 10.0. The zero-order valence-corrected chi connectivity index (χ0v) is 11.2. The number of carbonyl (C=O) groups is 1. The number of benzene rings is 1. The van der Waals surface area contributed by atoms with Crippen LogP contribution in [0, 0.1) is 13.8 Å². The first-order valence-corrected chi connectivity index (χ1v) is 5.67. The highest BCUT2D eigenvalue weighted by Gasteiger charge is 2.25. The Labute approximate surface area is 103 Å². The van der Waals surface area contributed by atoms with Gasteiger partial charge in [-0.25, -0.2) is 0 Å². The molecule has 3 nitrogen and oxygen atoms in total. The Hall–Kier alpha value is -1.51. The van der Waals surface area contributed by atoms with Crippen molar-refractivity contribution in [3.63, 3.8) is 0 Å². The molecular formula is C14H20O3. The van der Waals surface area contributed by atoms with Gasteiger partial charge in [-0.2, -0.15) is 0 Å². The second-order valence-electron chi connectivity index (χ2n) is 4.88. The van der Waals surface area contributed by atoms with E-state index in [0.29, 0.717) is 0 Å². The number of carbonyl (C=O) groups excluding carboxylic acids is 1. The van der Waals surface area contributed by atoms with Crippen LogP contribution >= 0.6 is 0 Å². The summed E-state index contributed by atoms with van der Waals surface area (Å²) < 4.78 is 10.5. The van der Waals surface area contributed by atoms with Gasteiger partial charge in [0.25, 0.3) is 0 Å². The number of hydrogen-bond donors (Lipinski definition) is 0. The molecule has 1 aromatic rings. The molecule has 0 aromatic heterocycles. The van der Waals surface area contributed by atoms with Crippen LogP contribution in [0.5, 0.6) is 5.75 Å². The lowest BCUT2D eigenvalue weighted by molar-refractivity contribution is -0.144. The first-order valence-electron chi connectivity index (χ1n) is 5.67. The molecule has 94 valence electrons. The fraction of sp³-hybridized carbons (Fsp3) is 0.500. The molecule has 0 atom stereocenters. The lowest BCUT2D eigenvalue weighted by Crippen LogP contribution is -2.32. The van der Waals surface area contributed by atoms with Crippen LogP contribution in [0.2, 0.25) is 0 Å². The summed E-state index contributed by atoms with van der Waals surface area (Å²) in [6.45, 7) is 7.76. The van der Waals surface area contributed by atoms with Crippen molar-refractivity contribution >= 4 is 5.97 Å². The van der Waals surface area contributed by atoms with Crippen molar-refractivity contribution in [2.24, 2.45) is 0 Å². The van der Waals surface area contributed by atoms with E-state index in [0.717, 1.165) is 16.9 Å². The molecule has 1 rings (SSSR count). The first-order chi connectivity index (χ1) is 7.84. The SMILES string of the molecule is COC(=O)CC(C)(C)Oc1cc(C)ccc1C. The van der Waals surface area contributed by atoms with Gasteiger partial charge in [0.1, 0.15) is 11.4 Å². The van der Waals surface area contributed by atoms with E-state index < -0.39 is 5.60 Å². The molecular weight excluding hydrogens is 216 g/mol. The molecule has 0 fully saturated rings. The Kier molecular flexibility index (Phi) is 4.16. The van der Waals surface area contributed by atoms with Gasteiger partial charge in [-0.1, -0.05) is 12.1 Å².